The first-order chi connectivity index (χ1) is 7.59. The Labute approximate surface area is 101 Å². The third-order valence-corrected chi connectivity index (χ3v) is 3.94. The number of aromatic nitrogens is 1. The zero-order chi connectivity index (χ0) is 11.4. The zero-order valence-electron chi connectivity index (χ0n) is 8.61. The lowest BCUT2D eigenvalue weighted by atomic mass is 10.3. The third kappa shape index (κ3) is 1.24. The monoisotopic (exact) mass is 280 g/mol. The highest BCUT2D eigenvalue weighted by atomic mass is 79.9. The number of aryl methyl sites for hydroxylation is 1. The second-order valence-electron chi connectivity index (χ2n) is 4.20. The van der Waals surface area contributed by atoms with Gasteiger partial charge in [0.2, 0.25) is 11.8 Å². The summed E-state index contributed by atoms with van der Waals surface area (Å²) in [6, 6.07) is 3.50. The van der Waals surface area contributed by atoms with Crippen LogP contribution in [0.15, 0.2) is 16.6 Å². The van der Waals surface area contributed by atoms with Crippen molar-refractivity contribution in [3.8, 4) is 0 Å². The summed E-state index contributed by atoms with van der Waals surface area (Å²) >= 11 is 3.34. The Morgan fingerprint density at radius 2 is 1.94 bits per heavy atom. The molecule has 1 aliphatic carbocycles. The van der Waals surface area contributed by atoms with Crippen LogP contribution in [-0.4, -0.2) is 16.8 Å². The number of piperidine rings is 1. The normalized spacial score (nSPS) is 27.2. The number of anilines is 1. The van der Waals surface area contributed by atoms with E-state index < -0.39 is 0 Å². The summed E-state index contributed by atoms with van der Waals surface area (Å²) in [5.41, 5.74) is 0.777. The first kappa shape index (κ1) is 9.96. The minimum Gasteiger partial charge on any atom is -0.274 e. The number of halogens is 1. The number of amides is 2. The van der Waals surface area contributed by atoms with E-state index in [9.17, 15) is 9.59 Å². The van der Waals surface area contributed by atoms with E-state index in [1.165, 1.54) is 4.90 Å². The van der Waals surface area contributed by atoms with Gasteiger partial charge in [-0.2, -0.15) is 0 Å². The average Bonchev–Trinajstić information content (AvgIpc) is 2.98. The van der Waals surface area contributed by atoms with E-state index in [-0.39, 0.29) is 23.7 Å². The summed E-state index contributed by atoms with van der Waals surface area (Å²) in [6.45, 7) is 1.83. The highest BCUT2D eigenvalue weighted by Crippen LogP contribution is 2.48. The van der Waals surface area contributed by atoms with Crippen LogP contribution >= 0.6 is 15.9 Å². The number of imide groups is 1. The molecule has 1 aromatic heterocycles. The smallest absolute Gasteiger partial charge is 0.238 e. The Kier molecular flexibility index (Phi) is 1.95. The van der Waals surface area contributed by atoms with Gasteiger partial charge < -0.3 is 0 Å². The number of carbonyl (C=O) groups is 2. The molecule has 0 spiro atoms. The molecule has 0 N–H and O–H groups in total. The maximum atomic E-state index is 11.8. The van der Waals surface area contributed by atoms with Crippen molar-refractivity contribution in [3.05, 3.63) is 22.3 Å². The molecule has 0 radical (unpaired) electrons. The molecule has 5 heteroatoms. The average molecular weight is 281 g/mol. The Morgan fingerprint density at radius 1 is 1.31 bits per heavy atom. The van der Waals surface area contributed by atoms with Gasteiger partial charge in [-0.15, -0.1) is 0 Å². The maximum Gasteiger partial charge on any atom is 0.238 e. The molecule has 2 heterocycles. The zero-order valence-corrected chi connectivity index (χ0v) is 10.2. The van der Waals surface area contributed by atoms with Crippen LogP contribution < -0.4 is 4.90 Å². The Morgan fingerprint density at radius 3 is 2.50 bits per heavy atom. The van der Waals surface area contributed by atoms with E-state index in [0.717, 1.165) is 16.6 Å². The fraction of sp³-hybridized carbons (Fsp3) is 0.364. The van der Waals surface area contributed by atoms with E-state index in [4.69, 9.17) is 0 Å². The lowest BCUT2D eigenvalue weighted by molar-refractivity contribution is -0.123. The molecule has 2 unspecified atom stereocenters. The van der Waals surface area contributed by atoms with E-state index in [1.807, 2.05) is 13.0 Å². The topological polar surface area (TPSA) is 50.3 Å². The van der Waals surface area contributed by atoms with Gasteiger partial charge >= 0.3 is 0 Å². The quantitative estimate of drug-likeness (QED) is 0.736. The molecule has 82 valence electrons. The minimum absolute atomic E-state index is 0.0711. The van der Waals surface area contributed by atoms with Gasteiger partial charge in [-0.05, 0) is 41.4 Å². The van der Waals surface area contributed by atoms with Crippen LogP contribution in [0.2, 0.25) is 0 Å². The summed E-state index contributed by atoms with van der Waals surface area (Å²) in [4.78, 5) is 29.1. The number of nitrogens with zero attached hydrogens (tertiary/aromatic N) is 2. The molecule has 2 aliphatic rings. The van der Waals surface area contributed by atoms with Crippen molar-refractivity contribution in [3.63, 3.8) is 0 Å². The fourth-order valence-electron chi connectivity index (χ4n) is 2.06. The van der Waals surface area contributed by atoms with Crippen molar-refractivity contribution in [2.24, 2.45) is 11.8 Å². The number of carbonyl (C=O) groups excluding carboxylic acids is 2. The van der Waals surface area contributed by atoms with Crippen molar-refractivity contribution < 1.29 is 9.59 Å². The van der Waals surface area contributed by atoms with Gasteiger partial charge in [0.25, 0.3) is 0 Å². The molecule has 1 aromatic rings. The van der Waals surface area contributed by atoms with Crippen LogP contribution in [0, 0.1) is 18.8 Å². The highest BCUT2D eigenvalue weighted by molar-refractivity contribution is 9.10. The molecule has 2 atom stereocenters. The molecular formula is C11H9BrN2O2. The highest BCUT2D eigenvalue weighted by Gasteiger charge is 2.59. The largest absolute Gasteiger partial charge is 0.274 e. The van der Waals surface area contributed by atoms with Crippen LogP contribution in [0.1, 0.15) is 12.1 Å². The van der Waals surface area contributed by atoms with Crippen LogP contribution in [0.25, 0.3) is 0 Å². The van der Waals surface area contributed by atoms with Gasteiger partial charge in [0.15, 0.2) is 0 Å². The van der Waals surface area contributed by atoms with Gasteiger partial charge in [0.1, 0.15) is 5.82 Å². The molecule has 1 saturated carbocycles. The van der Waals surface area contributed by atoms with Gasteiger partial charge in [0.05, 0.1) is 17.5 Å². The van der Waals surface area contributed by atoms with Gasteiger partial charge in [-0.3, -0.25) is 9.59 Å². The van der Waals surface area contributed by atoms with E-state index in [1.54, 1.807) is 6.07 Å². The Bertz CT molecular complexity index is 495. The van der Waals surface area contributed by atoms with Gasteiger partial charge in [-0.25, -0.2) is 9.88 Å². The number of rotatable bonds is 1. The van der Waals surface area contributed by atoms with Crippen molar-refractivity contribution in [1.82, 2.24) is 4.98 Å². The van der Waals surface area contributed by atoms with Crippen molar-refractivity contribution >= 4 is 33.6 Å². The molecule has 4 nitrogen and oxygen atoms in total. The molecule has 0 bridgehead atoms. The second-order valence-corrected chi connectivity index (χ2v) is 5.05. The number of hydrogen-bond acceptors (Lipinski definition) is 3. The Hall–Kier alpha value is -1.23. The van der Waals surface area contributed by atoms with E-state index in [0.29, 0.717) is 5.82 Å². The van der Waals surface area contributed by atoms with Crippen LogP contribution in [-0.2, 0) is 9.59 Å². The summed E-state index contributed by atoms with van der Waals surface area (Å²) < 4.78 is 0.875. The maximum absolute atomic E-state index is 11.8. The van der Waals surface area contributed by atoms with Crippen molar-refractivity contribution in [2.45, 2.75) is 13.3 Å². The molecule has 2 fully saturated rings. The Balaban J connectivity index is 2.01. The number of fused-ring (bicyclic) bond motifs is 1. The second kappa shape index (κ2) is 3.13. The van der Waals surface area contributed by atoms with E-state index >= 15 is 0 Å². The van der Waals surface area contributed by atoms with Gasteiger partial charge in [-0.1, -0.05) is 0 Å². The van der Waals surface area contributed by atoms with Crippen molar-refractivity contribution in [1.29, 1.82) is 0 Å². The summed E-state index contributed by atoms with van der Waals surface area (Å²) in [7, 11) is 0. The summed E-state index contributed by atoms with van der Waals surface area (Å²) in [5, 5.41) is 0. The molecular weight excluding hydrogens is 272 g/mol. The molecule has 1 saturated heterocycles. The summed E-state index contributed by atoms with van der Waals surface area (Å²) in [6.07, 6.45) is 0.726. The van der Waals surface area contributed by atoms with Gasteiger partial charge in [0, 0.05) is 4.47 Å². The molecule has 3 rings (SSSR count). The summed E-state index contributed by atoms with van der Waals surface area (Å²) in [5.74, 6) is 0.118. The predicted molar refractivity (Wildman–Crippen MR) is 60.8 cm³/mol. The van der Waals surface area contributed by atoms with E-state index in [2.05, 4.69) is 20.9 Å². The molecule has 1 aliphatic heterocycles. The predicted octanol–water partition coefficient (Wildman–Crippen LogP) is 1.66. The fourth-order valence-corrected chi connectivity index (χ4v) is 2.28. The van der Waals surface area contributed by atoms with Crippen LogP contribution in [0.4, 0.5) is 5.82 Å². The number of hydrogen-bond donors (Lipinski definition) is 0. The lowest BCUT2D eigenvalue weighted by Gasteiger charge is -2.15. The number of pyridine rings is 1. The first-order valence-electron chi connectivity index (χ1n) is 5.10. The van der Waals surface area contributed by atoms with Crippen LogP contribution in [0.5, 0.6) is 0 Å². The van der Waals surface area contributed by atoms with Crippen LogP contribution in [0.3, 0.4) is 0 Å². The first-order valence-corrected chi connectivity index (χ1v) is 5.90. The minimum atomic E-state index is -0.0933. The SMILES string of the molecule is Cc1nc(N2C(=O)C3CC3C2=O)ccc1Br. The molecule has 2 amide bonds. The molecule has 0 aromatic carbocycles. The van der Waals surface area contributed by atoms with Crippen molar-refractivity contribution in [2.75, 3.05) is 4.90 Å². The third-order valence-electron chi connectivity index (χ3n) is 3.10. The lowest BCUT2D eigenvalue weighted by Crippen LogP contribution is -2.33. The molecule has 16 heavy (non-hydrogen) atoms. The standard InChI is InChI=1S/C11H9BrN2O2/c1-5-8(12)2-3-9(13-5)14-10(15)6-4-7(6)11(14)16/h2-3,6-7H,4H2,1H3.